The van der Waals surface area contributed by atoms with Crippen molar-refractivity contribution >= 4 is 0 Å². The summed E-state index contributed by atoms with van der Waals surface area (Å²) in [5.74, 6) is 0. The van der Waals surface area contributed by atoms with Gasteiger partial charge in [-0.15, -0.1) is 0 Å². The average molecular weight is 164 g/mol. The predicted octanol–water partition coefficient (Wildman–Crippen LogP) is -1.93. The van der Waals surface area contributed by atoms with Crippen molar-refractivity contribution in [2.24, 2.45) is 0 Å². The zero-order valence-electron chi connectivity index (χ0n) is 6.01. The second-order valence-electron chi connectivity index (χ2n) is 2.35. The van der Waals surface area contributed by atoms with Gasteiger partial charge in [-0.2, -0.15) is 0 Å². The van der Waals surface area contributed by atoms with Crippen molar-refractivity contribution in [3.63, 3.8) is 0 Å². The van der Waals surface area contributed by atoms with Crippen LogP contribution in [-0.2, 0) is 9.47 Å². The van der Waals surface area contributed by atoms with Crippen molar-refractivity contribution in [3.8, 4) is 0 Å². The fourth-order valence-corrected chi connectivity index (χ4v) is 0.863. The molecule has 1 rings (SSSR count). The lowest BCUT2D eigenvalue weighted by atomic mass is 10.2. The maximum atomic E-state index is 9.16. The molecule has 1 saturated heterocycles. The first-order valence-electron chi connectivity index (χ1n) is 3.46. The van der Waals surface area contributed by atoms with Crippen LogP contribution in [0.2, 0.25) is 0 Å². The van der Waals surface area contributed by atoms with E-state index in [2.05, 4.69) is 0 Å². The first-order valence-corrected chi connectivity index (χ1v) is 3.46. The summed E-state index contributed by atoms with van der Waals surface area (Å²) in [5.41, 5.74) is 0. The number of aliphatic hydroxyl groups excluding tert-OH is 3. The van der Waals surface area contributed by atoms with Crippen molar-refractivity contribution in [2.75, 3.05) is 19.8 Å². The molecule has 5 nitrogen and oxygen atoms in total. The van der Waals surface area contributed by atoms with Crippen molar-refractivity contribution in [1.29, 1.82) is 0 Å². The molecule has 0 aliphatic carbocycles. The van der Waals surface area contributed by atoms with Crippen LogP contribution < -0.4 is 0 Å². The van der Waals surface area contributed by atoms with E-state index in [-0.39, 0.29) is 0 Å². The predicted molar refractivity (Wildman–Crippen MR) is 34.8 cm³/mol. The smallest absolute Gasteiger partial charge is 0.186 e. The standard InChI is InChI=1S/C6H12O5/c7-3-4(8)5(9)6-10-1-2-11-6/h4-9H,1-3H2/t4-,5-/m1/s1. The number of rotatable bonds is 3. The van der Waals surface area contributed by atoms with Gasteiger partial charge >= 0.3 is 0 Å². The monoisotopic (exact) mass is 164 g/mol. The molecule has 66 valence electrons. The quantitative estimate of drug-likeness (QED) is 0.453. The third-order valence-corrected chi connectivity index (χ3v) is 1.51. The summed E-state index contributed by atoms with van der Waals surface area (Å²) in [6, 6.07) is 0. The number of ether oxygens (including phenoxy) is 2. The Morgan fingerprint density at radius 3 is 2.27 bits per heavy atom. The fraction of sp³-hybridized carbons (Fsp3) is 1.00. The molecule has 0 saturated carbocycles. The zero-order chi connectivity index (χ0) is 8.27. The first kappa shape index (κ1) is 8.89. The van der Waals surface area contributed by atoms with E-state index in [1.807, 2.05) is 0 Å². The second-order valence-corrected chi connectivity index (χ2v) is 2.35. The summed E-state index contributed by atoms with van der Waals surface area (Å²) >= 11 is 0. The Balaban J connectivity index is 2.32. The highest BCUT2D eigenvalue weighted by atomic mass is 16.7. The van der Waals surface area contributed by atoms with Gasteiger partial charge in [-0.3, -0.25) is 0 Å². The molecule has 0 aromatic rings. The molecule has 5 heteroatoms. The van der Waals surface area contributed by atoms with Crippen LogP contribution in [0.4, 0.5) is 0 Å². The molecule has 0 aromatic heterocycles. The van der Waals surface area contributed by atoms with E-state index in [1.165, 1.54) is 0 Å². The largest absolute Gasteiger partial charge is 0.394 e. The Morgan fingerprint density at radius 2 is 1.82 bits per heavy atom. The van der Waals surface area contributed by atoms with E-state index in [9.17, 15) is 0 Å². The summed E-state index contributed by atoms with van der Waals surface area (Å²) in [4.78, 5) is 0. The maximum absolute atomic E-state index is 9.16. The van der Waals surface area contributed by atoms with E-state index in [0.717, 1.165) is 0 Å². The van der Waals surface area contributed by atoms with Crippen LogP contribution in [0.5, 0.6) is 0 Å². The molecule has 0 amide bonds. The molecule has 0 radical (unpaired) electrons. The molecular weight excluding hydrogens is 152 g/mol. The number of hydrogen-bond donors (Lipinski definition) is 3. The third-order valence-electron chi connectivity index (χ3n) is 1.51. The van der Waals surface area contributed by atoms with Gasteiger partial charge in [0.2, 0.25) is 0 Å². The highest BCUT2D eigenvalue weighted by Gasteiger charge is 2.30. The zero-order valence-corrected chi connectivity index (χ0v) is 6.01. The summed E-state index contributed by atoms with van der Waals surface area (Å²) < 4.78 is 9.79. The Hall–Kier alpha value is -0.200. The van der Waals surface area contributed by atoms with Crippen molar-refractivity contribution in [3.05, 3.63) is 0 Å². The molecule has 1 aliphatic heterocycles. The normalized spacial score (nSPS) is 25.4. The van der Waals surface area contributed by atoms with Gasteiger partial charge in [0.05, 0.1) is 19.8 Å². The molecule has 0 unspecified atom stereocenters. The molecule has 11 heavy (non-hydrogen) atoms. The van der Waals surface area contributed by atoms with Gasteiger partial charge in [-0.05, 0) is 0 Å². The van der Waals surface area contributed by atoms with E-state index in [1.54, 1.807) is 0 Å². The van der Waals surface area contributed by atoms with Crippen molar-refractivity contribution in [1.82, 2.24) is 0 Å². The lowest BCUT2D eigenvalue weighted by Gasteiger charge is -2.20. The highest BCUT2D eigenvalue weighted by Crippen LogP contribution is 2.10. The van der Waals surface area contributed by atoms with Crippen LogP contribution >= 0.6 is 0 Å². The summed E-state index contributed by atoms with van der Waals surface area (Å²) in [7, 11) is 0. The van der Waals surface area contributed by atoms with E-state index < -0.39 is 25.1 Å². The average Bonchev–Trinajstić information content (AvgIpc) is 2.53. The van der Waals surface area contributed by atoms with Crippen LogP contribution in [0.15, 0.2) is 0 Å². The lowest BCUT2D eigenvalue weighted by molar-refractivity contribution is -0.161. The van der Waals surface area contributed by atoms with Gasteiger partial charge in [0, 0.05) is 0 Å². The summed E-state index contributed by atoms with van der Waals surface area (Å²) in [6.07, 6.45) is -3.15. The topological polar surface area (TPSA) is 79.2 Å². The van der Waals surface area contributed by atoms with Crippen LogP contribution in [0.3, 0.4) is 0 Å². The van der Waals surface area contributed by atoms with Crippen LogP contribution in [0.1, 0.15) is 0 Å². The van der Waals surface area contributed by atoms with Gasteiger partial charge in [-0.1, -0.05) is 0 Å². The Morgan fingerprint density at radius 1 is 1.27 bits per heavy atom. The van der Waals surface area contributed by atoms with E-state index >= 15 is 0 Å². The maximum Gasteiger partial charge on any atom is 0.186 e. The molecule has 0 spiro atoms. The number of hydrogen-bond acceptors (Lipinski definition) is 5. The third kappa shape index (κ3) is 2.11. The van der Waals surface area contributed by atoms with E-state index in [4.69, 9.17) is 24.8 Å². The molecule has 1 fully saturated rings. The molecule has 2 atom stereocenters. The Labute approximate surface area is 64.2 Å². The highest BCUT2D eigenvalue weighted by molar-refractivity contribution is 4.71. The minimum absolute atomic E-state index is 0.417. The number of aliphatic hydroxyl groups is 3. The van der Waals surface area contributed by atoms with Crippen molar-refractivity contribution in [2.45, 2.75) is 18.5 Å². The molecule has 0 aromatic carbocycles. The minimum atomic E-state index is -1.20. The Kier molecular flexibility index (Phi) is 3.22. The summed E-state index contributed by atoms with van der Waals surface area (Å²) in [6.45, 7) is 0.337. The van der Waals surface area contributed by atoms with Gasteiger partial charge in [0.25, 0.3) is 0 Å². The molecular formula is C6H12O5. The summed E-state index contributed by atoms with van der Waals surface area (Å²) in [5, 5.41) is 26.5. The van der Waals surface area contributed by atoms with Gasteiger partial charge < -0.3 is 24.8 Å². The van der Waals surface area contributed by atoms with E-state index in [0.29, 0.717) is 13.2 Å². The second kappa shape index (κ2) is 3.99. The molecule has 1 aliphatic rings. The van der Waals surface area contributed by atoms with Crippen molar-refractivity contribution < 1.29 is 24.8 Å². The van der Waals surface area contributed by atoms with Gasteiger partial charge in [0.15, 0.2) is 6.29 Å². The molecule has 3 N–H and O–H groups in total. The molecule has 0 bridgehead atoms. The minimum Gasteiger partial charge on any atom is -0.394 e. The fourth-order valence-electron chi connectivity index (χ4n) is 0.863. The van der Waals surface area contributed by atoms with Gasteiger partial charge in [-0.25, -0.2) is 0 Å². The SMILES string of the molecule is OC[C@@H](O)[C@@H](O)C1OCCO1. The lowest BCUT2D eigenvalue weighted by Crippen LogP contribution is -2.39. The van der Waals surface area contributed by atoms with Crippen LogP contribution in [0.25, 0.3) is 0 Å². The van der Waals surface area contributed by atoms with Crippen LogP contribution in [0, 0.1) is 0 Å². The van der Waals surface area contributed by atoms with Crippen LogP contribution in [-0.4, -0.2) is 53.6 Å². The Bertz CT molecular complexity index is 112. The van der Waals surface area contributed by atoms with Gasteiger partial charge in [0.1, 0.15) is 12.2 Å². The molecule has 1 heterocycles. The first-order chi connectivity index (χ1) is 5.25.